The number of hydrogen-bond acceptors (Lipinski definition) is 3. The number of nitrogens with one attached hydrogen (secondary N) is 2. The molecule has 2 aromatic carbocycles. The lowest BCUT2D eigenvalue weighted by atomic mass is 10.2. The summed E-state index contributed by atoms with van der Waals surface area (Å²) in [5.74, 6) is -1.59. The smallest absolute Gasteiger partial charge is 0.319 e. The normalized spacial score (nSPS) is 9.78. The summed E-state index contributed by atoms with van der Waals surface area (Å²) in [5.41, 5.74) is 0.727. The fourth-order valence-corrected chi connectivity index (χ4v) is 1.77. The number of para-hydroxylation sites is 1. The largest absolute Gasteiger partial charge is 0.489 e. The molecule has 2 N–H and O–H groups in total. The zero-order valence-electron chi connectivity index (χ0n) is 12.0. The number of benzene rings is 2. The maximum Gasteiger partial charge on any atom is 0.319 e. The van der Waals surface area contributed by atoms with E-state index in [0.717, 1.165) is 6.07 Å². The van der Waals surface area contributed by atoms with Crippen LogP contribution < -0.4 is 15.4 Å². The van der Waals surface area contributed by atoms with Crippen LogP contribution in [0.5, 0.6) is 5.75 Å². The molecule has 2 rings (SSSR count). The highest BCUT2D eigenvalue weighted by Crippen LogP contribution is 2.17. The monoisotopic (exact) mass is 317 g/mol. The van der Waals surface area contributed by atoms with Crippen molar-refractivity contribution in [3.63, 3.8) is 0 Å². The minimum absolute atomic E-state index is 0.00979. The van der Waals surface area contributed by atoms with Crippen LogP contribution in [-0.2, 0) is 0 Å². The molecular weight excluding hydrogens is 304 g/mol. The average Bonchev–Trinajstić information content (AvgIpc) is 2.53. The first-order valence-electron chi connectivity index (χ1n) is 6.72. The first kappa shape index (κ1) is 16.2. The lowest BCUT2D eigenvalue weighted by Crippen LogP contribution is -2.32. The molecule has 23 heavy (non-hydrogen) atoms. The Bertz CT molecular complexity index is 744. The molecule has 0 atom stereocenters. The topological polar surface area (TPSA) is 74.2 Å². The molecule has 2 amide bonds. The van der Waals surface area contributed by atoms with Crippen molar-refractivity contribution >= 4 is 11.7 Å². The zero-order valence-corrected chi connectivity index (χ0v) is 12.0. The van der Waals surface area contributed by atoms with E-state index in [1.54, 1.807) is 24.3 Å². The zero-order chi connectivity index (χ0) is 16.7. The third kappa shape index (κ3) is 4.68. The molecule has 0 heterocycles. The highest BCUT2D eigenvalue weighted by Gasteiger charge is 2.07. The molecule has 0 bridgehead atoms. The van der Waals surface area contributed by atoms with Crippen molar-refractivity contribution in [1.29, 1.82) is 5.26 Å². The van der Waals surface area contributed by atoms with Crippen LogP contribution in [0.2, 0.25) is 0 Å². The third-order valence-electron chi connectivity index (χ3n) is 2.83. The van der Waals surface area contributed by atoms with E-state index in [2.05, 4.69) is 10.6 Å². The average molecular weight is 317 g/mol. The van der Waals surface area contributed by atoms with E-state index in [1.807, 2.05) is 6.07 Å². The van der Waals surface area contributed by atoms with E-state index in [-0.39, 0.29) is 18.9 Å². The van der Waals surface area contributed by atoms with Gasteiger partial charge in [-0.3, -0.25) is 0 Å². The summed E-state index contributed by atoms with van der Waals surface area (Å²) < 4.78 is 31.1. The van der Waals surface area contributed by atoms with Gasteiger partial charge in [0.25, 0.3) is 0 Å². The van der Waals surface area contributed by atoms with Crippen molar-refractivity contribution in [3.05, 3.63) is 59.7 Å². The third-order valence-corrected chi connectivity index (χ3v) is 2.83. The number of rotatable bonds is 5. The van der Waals surface area contributed by atoms with E-state index in [0.29, 0.717) is 17.3 Å². The lowest BCUT2D eigenvalue weighted by Gasteiger charge is -2.10. The van der Waals surface area contributed by atoms with Crippen LogP contribution in [-0.4, -0.2) is 19.2 Å². The molecule has 0 saturated heterocycles. The van der Waals surface area contributed by atoms with Gasteiger partial charge in [-0.15, -0.1) is 0 Å². The second kappa shape index (κ2) is 7.75. The molecule has 118 valence electrons. The number of amides is 2. The predicted molar refractivity (Wildman–Crippen MR) is 80.0 cm³/mol. The van der Waals surface area contributed by atoms with E-state index in [9.17, 15) is 13.6 Å². The first-order chi connectivity index (χ1) is 11.1. The highest BCUT2D eigenvalue weighted by atomic mass is 19.1. The summed E-state index contributed by atoms with van der Waals surface area (Å²) in [6.07, 6.45) is 0. The molecule has 0 saturated carbocycles. The van der Waals surface area contributed by atoms with Gasteiger partial charge >= 0.3 is 6.03 Å². The Balaban J connectivity index is 1.78. The van der Waals surface area contributed by atoms with E-state index < -0.39 is 17.7 Å². The van der Waals surface area contributed by atoms with Gasteiger partial charge in [-0.1, -0.05) is 12.1 Å². The van der Waals surface area contributed by atoms with Crippen LogP contribution in [0.1, 0.15) is 5.56 Å². The second-order valence-corrected chi connectivity index (χ2v) is 4.46. The fraction of sp³-hybridized carbons (Fsp3) is 0.125. The Morgan fingerprint density at radius 1 is 1.22 bits per heavy atom. The Morgan fingerprint density at radius 3 is 2.74 bits per heavy atom. The van der Waals surface area contributed by atoms with Crippen molar-refractivity contribution in [3.8, 4) is 11.8 Å². The van der Waals surface area contributed by atoms with Crippen LogP contribution in [0.4, 0.5) is 19.3 Å². The molecule has 2 aromatic rings. The number of hydrogen-bond donors (Lipinski definition) is 2. The number of ether oxygens (including phenoxy) is 1. The Labute approximate surface area is 131 Å². The highest BCUT2D eigenvalue weighted by molar-refractivity contribution is 5.90. The van der Waals surface area contributed by atoms with Gasteiger partial charge in [-0.2, -0.15) is 5.26 Å². The molecule has 0 aliphatic heterocycles. The Morgan fingerprint density at radius 2 is 2.00 bits per heavy atom. The van der Waals surface area contributed by atoms with Crippen molar-refractivity contribution in [2.45, 2.75) is 0 Å². The van der Waals surface area contributed by atoms with Crippen LogP contribution in [0.15, 0.2) is 42.5 Å². The standard InChI is InChI=1S/C16H13F2N3O2/c17-12-5-6-15(13(18)9-12)23-8-7-20-16(22)21-14-4-2-1-3-11(14)10-19/h1-6,9H,7-8H2,(H2,20,21,22). The maximum atomic E-state index is 13.3. The Kier molecular flexibility index (Phi) is 5.47. The molecule has 0 fully saturated rings. The van der Waals surface area contributed by atoms with E-state index in [1.165, 1.54) is 6.07 Å². The van der Waals surface area contributed by atoms with Gasteiger partial charge in [-0.05, 0) is 24.3 Å². The van der Waals surface area contributed by atoms with Gasteiger partial charge in [0, 0.05) is 6.07 Å². The van der Waals surface area contributed by atoms with Gasteiger partial charge < -0.3 is 15.4 Å². The molecule has 0 aliphatic rings. The molecule has 0 radical (unpaired) electrons. The summed E-state index contributed by atoms with van der Waals surface area (Å²) in [5, 5.41) is 13.9. The molecule has 7 heteroatoms. The predicted octanol–water partition coefficient (Wildman–Crippen LogP) is 3.04. The number of carbonyl (C=O) groups excluding carboxylic acids is 1. The molecule has 0 aromatic heterocycles. The van der Waals surface area contributed by atoms with Gasteiger partial charge in [-0.25, -0.2) is 13.6 Å². The molecular formula is C16H13F2N3O2. The van der Waals surface area contributed by atoms with Gasteiger partial charge in [0.1, 0.15) is 18.5 Å². The van der Waals surface area contributed by atoms with Gasteiger partial charge in [0.05, 0.1) is 17.8 Å². The summed E-state index contributed by atoms with van der Waals surface area (Å²) in [4.78, 5) is 11.7. The fourth-order valence-electron chi connectivity index (χ4n) is 1.77. The summed E-state index contributed by atoms with van der Waals surface area (Å²) in [7, 11) is 0. The SMILES string of the molecule is N#Cc1ccccc1NC(=O)NCCOc1ccc(F)cc1F. The van der Waals surface area contributed by atoms with Crippen LogP contribution in [0.25, 0.3) is 0 Å². The second-order valence-electron chi connectivity index (χ2n) is 4.46. The lowest BCUT2D eigenvalue weighted by molar-refractivity contribution is 0.246. The summed E-state index contributed by atoms with van der Waals surface area (Å²) in [6, 6.07) is 11.0. The van der Waals surface area contributed by atoms with Crippen molar-refractivity contribution in [2.75, 3.05) is 18.5 Å². The van der Waals surface area contributed by atoms with E-state index >= 15 is 0 Å². The quantitative estimate of drug-likeness (QED) is 0.832. The number of nitriles is 1. The van der Waals surface area contributed by atoms with Crippen molar-refractivity contribution in [1.82, 2.24) is 5.32 Å². The number of nitrogens with zero attached hydrogens (tertiary/aromatic N) is 1. The number of halogens is 2. The minimum atomic E-state index is -0.808. The molecule has 0 unspecified atom stereocenters. The minimum Gasteiger partial charge on any atom is -0.489 e. The van der Waals surface area contributed by atoms with Crippen LogP contribution in [0.3, 0.4) is 0 Å². The van der Waals surface area contributed by atoms with Crippen molar-refractivity contribution in [2.24, 2.45) is 0 Å². The van der Waals surface area contributed by atoms with Gasteiger partial charge in [0.2, 0.25) is 0 Å². The summed E-state index contributed by atoms with van der Waals surface area (Å²) >= 11 is 0. The van der Waals surface area contributed by atoms with Gasteiger partial charge in [0.15, 0.2) is 11.6 Å². The van der Waals surface area contributed by atoms with E-state index in [4.69, 9.17) is 10.00 Å². The maximum absolute atomic E-state index is 13.3. The summed E-state index contributed by atoms with van der Waals surface area (Å²) in [6.45, 7) is 0.118. The number of anilines is 1. The number of carbonyl (C=O) groups is 1. The molecule has 0 spiro atoms. The van der Waals surface area contributed by atoms with Crippen LogP contribution >= 0.6 is 0 Å². The van der Waals surface area contributed by atoms with Crippen LogP contribution in [0, 0.1) is 23.0 Å². The Hall–Kier alpha value is -3.14. The molecule has 5 nitrogen and oxygen atoms in total. The first-order valence-corrected chi connectivity index (χ1v) is 6.72. The van der Waals surface area contributed by atoms with Crippen molar-refractivity contribution < 1.29 is 18.3 Å². The molecule has 0 aliphatic carbocycles. The number of urea groups is 1.